The zero-order chi connectivity index (χ0) is 12.3. The molecule has 94 valence electrons. The molecule has 0 aliphatic carbocycles. The van der Waals surface area contributed by atoms with E-state index in [1.54, 1.807) is 12.1 Å². The maximum absolute atomic E-state index is 13.7. The van der Waals surface area contributed by atoms with Crippen molar-refractivity contribution in [2.45, 2.75) is 38.8 Å². The second-order valence-corrected chi connectivity index (χ2v) is 4.98. The summed E-state index contributed by atoms with van der Waals surface area (Å²) in [5, 5.41) is 3.55. The summed E-state index contributed by atoms with van der Waals surface area (Å²) in [4.78, 5) is 2.17. The molecule has 1 aliphatic heterocycles. The summed E-state index contributed by atoms with van der Waals surface area (Å²) < 4.78 is 13.7. The monoisotopic (exact) mass is 236 g/mol. The lowest BCUT2D eigenvalue weighted by Crippen LogP contribution is -2.43. The molecule has 1 aliphatic rings. The van der Waals surface area contributed by atoms with E-state index < -0.39 is 0 Å². The van der Waals surface area contributed by atoms with Crippen molar-refractivity contribution in [1.82, 2.24) is 5.32 Å². The number of hydrogen-bond donors (Lipinski definition) is 1. The smallest absolute Gasteiger partial charge is 0.146 e. The lowest BCUT2D eigenvalue weighted by atomic mass is 10.1. The molecule has 2 atom stereocenters. The molecule has 17 heavy (non-hydrogen) atoms. The van der Waals surface area contributed by atoms with Gasteiger partial charge in [0.25, 0.3) is 0 Å². The summed E-state index contributed by atoms with van der Waals surface area (Å²) >= 11 is 0. The Labute approximate surface area is 103 Å². The van der Waals surface area contributed by atoms with E-state index in [0.29, 0.717) is 12.1 Å². The van der Waals surface area contributed by atoms with Crippen LogP contribution in [0.1, 0.15) is 26.7 Å². The number of halogens is 1. The van der Waals surface area contributed by atoms with Crippen LogP contribution in [0.4, 0.5) is 10.1 Å². The SMILES string of the molecule is CC1CCN(c2ccccc2F)CCC(C)N1. The predicted molar refractivity (Wildman–Crippen MR) is 69.9 cm³/mol. The number of nitrogens with zero attached hydrogens (tertiary/aromatic N) is 1. The van der Waals surface area contributed by atoms with Crippen LogP contribution in [0, 0.1) is 5.82 Å². The standard InChI is InChI=1S/C14H21FN2/c1-11-7-9-17(10-8-12(2)16-11)14-6-4-3-5-13(14)15/h3-6,11-12,16H,7-10H2,1-2H3. The van der Waals surface area contributed by atoms with E-state index in [2.05, 4.69) is 24.1 Å². The van der Waals surface area contributed by atoms with Crippen molar-refractivity contribution in [3.05, 3.63) is 30.1 Å². The largest absolute Gasteiger partial charge is 0.369 e. The summed E-state index contributed by atoms with van der Waals surface area (Å²) in [5.41, 5.74) is 0.744. The Balaban J connectivity index is 2.12. The first-order valence-corrected chi connectivity index (χ1v) is 6.42. The normalized spacial score (nSPS) is 26.4. The second-order valence-electron chi connectivity index (χ2n) is 4.98. The van der Waals surface area contributed by atoms with Gasteiger partial charge in [-0.2, -0.15) is 0 Å². The van der Waals surface area contributed by atoms with E-state index in [4.69, 9.17) is 0 Å². The van der Waals surface area contributed by atoms with Crippen molar-refractivity contribution in [2.24, 2.45) is 0 Å². The average Bonchev–Trinajstić information content (AvgIpc) is 2.28. The number of benzene rings is 1. The van der Waals surface area contributed by atoms with Crippen molar-refractivity contribution in [3.63, 3.8) is 0 Å². The van der Waals surface area contributed by atoms with Gasteiger partial charge in [-0.15, -0.1) is 0 Å². The van der Waals surface area contributed by atoms with Crippen LogP contribution in [-0.4, -0.2) is 25.2 Å². The highest BCUT2D eigenvalue weighted by atomic mass is 19.1. The van der Waals surface area contributed by atoms with Crippen molar-refractivity contribution in [1.29, 1.82) is 0 Å². The fraction of sp³-hybridized carbons (Fsp3) is 0.571. The fourth-order valence-corrected chi connectivity index (χ4v) is 2.41. The molecule has 2 nitrogen and oxygen atoms in total. The van der Waals surface area contributed by atoms with E-state index >= 15 is 0 Å². The van der Waals surface area contributed by atoms with E-state index in [1.165, 1.54) is 0 Å². The van der Waals surface area contributed by atoms with E-state index in [1.807, 2.05) is 12.1 Å². The minimum Gasteiger partial charge on any atom is -0.369 e. The number of rotatable bonds is 1. The van der Waals surface area contributed by atoms with Crippen LogP contribution >= 0.6 is 0 Å². The first kappa shape index (κ1) is 12.4. The van der Waals surface area contributed by atoms with Gasteiger partial charge in [0.2, 0.25) is 0 Å². The second kappa shape index (κ2) is 5.50. The predicted octanol–water partition coefficient (Wildman–Crippen LogP) is 2.79. The van der Waals surface area contributed by atoms with Crippen molar-refractivity contribution in [3.8, 4) is 0 Å². The van der Waals surface area contributed by atoms with Gasteiger partial charge in [-0.25, -0.2) is 4.39 Å². The van der Waals surface area contributed by atoms with Crippen molar-refractivity contribution in [2.75, 3.05) is 18.0 Å². The van der Waals surface area contributed by atoms with Gasteiger partial charge in [-0.1, -0.05) is 12.1 Å². The molecule has 1 fully saturated rings. The number of anilines is 1. The lowest BCUT2D eigenvalue weighted by Gasteiger charge is -2.32. The Morgan fingerprint density at radius 2 is 1.71 bits per heavy atom. The maximum atomic E-state index is 13.7. The summed E-state index contributed by atoms with van der Waals surface area (Å²) in [5.74, 6) is -0.110. The first-order valence-electron chi connectivity index (χ1n) is 6.42. The van der Waals surface area contributed by atoms with Crippen LogP contribution in [-0.2, 0) is 0 Å². The van der Waals surface area contributed by atoms with Gasteiger partial charge in [0.15, 0.2) is 0 Å². The Morgan fingerprint density at radius 1 is 1.12 bits per heavy atom. The molecule has 1 saturated heterocycles. The third kappa shape index (κ3) is 3.19. The van der Waals surface area contributed by atoms with Crippen molar-refractivity contribution >= 4 is 5.69 Å². The molecule has 1 N–H and O–H groups in total. The molecule has 0 amide bonds. The fourth-order valence-electron chi connectivity index (χ4n) is 2.41. The molecule has 1 aromatic carbocycles. The molecule has 2 unspecified atom stereocenters. The van der Waals surface area contributed by atoms with Gasteiger partial charge in [-0.3, -0.25) is 0 Å². The molecule has 3 heteroatoms. The quantitative estimate of drug-likeness (QED) is 0.806. The lowest BCUT2D eigenvalue weighted by molar-refractivity contribution is 0.403. The molecule has 0 radical (unpaired) electrons. The van der Waals surface area contributed by atoms with Gasteiger partial charge in [0.05, 0.1) is 5.69 Å². The van der Waals surface area contributed by atoms with Gasteiger partial charge in [0.1, 0.15) is 5.82 Å². The molecule has 0 bridgehead atoms. The van der Waals surface area contributed by atoms with Crippen LogP contribution < -0.4 is 10.2 Å². The molecule has 1 aromatic rings. The van der Waals surface area contributed by atoms with Gasteiger partial charge >= 0.3 is 0 Å². The highest BCUT2D eigenvalue weighted by Crippen LogP contribution is 2.20. The highest BCUT2D eigenvalue weighted by molar-refractivity contribution is 5.47. The van der Waals surface area contributed by atoms with Gasteiger partial charge in [-0.05, 0) is 38.8 Å². The molecule has 2 rings (SSSR count). The highest BCUT2D eigenvalue weighted by Gasteiger charge is 2.17. The Bertz CT molecular complexity index is 355. The zero-order valence-corrected chi connectivity index (χ0v) is 10.6. The van der Waals surface area contributed by atoms with Gasteiger partial charge in [0, 0.05) is 25.2 Å². The number of para-hydroxylation sites is 1. The molecular weight excluding hydrogens is 215 g/mol. The molecule has 1 heterocycles. The van der Waals surface area contributed by atoms with Crippen LogP contribution in [0.5, 0.6) is 0 Å². The third-order valence-corrected chi connectivity index (χ3v) is 3.43. The molecule has 0 spiro atoms. The van der Waals surface area contributed by atoms with E-state index in [9.17, 15) is 4.39 Å². The van der Waals surface area contributed by atoms with E-state index in [-0.39, 0.29) is 5.82 Å². The minimum absolute atomic E-state index is 0.110. The topological polar surface area (TPSA) is 15.3 Å². The summed E-state index contributed by atoms with van der Waals surface area (Å²) in [6.45, 7) is 6.23. The average molecular weight is 236 g/mol. The first-order chi connectivity index (χ1) is 8.16. The third-order valence-electron chi connectivity index (χ3n) is 3.43. The summed E-state index contributed by atoms with van der Waals surface area (Å²) in [6.07, 6.45) is 2.11. The Hall–Kier alpha value is -1.09. The minimum atomic E-state index is -0.110. The molecule has 0 saturated carbocycles. The summed E-state index contributed by atoms with van der Waals surface area (Å²) in [6, 6.07) is 8.07. The molecular formula is C14H21FN2. The Kier molecular flexibility index (Phi) is 4.00. The van der Waals surface area contributed by atoms with Crippen LogP contribution in [0.2, 0.25) is 0 Å². The molecule has 0 aromatic heterocycles. The Morgan fingerprint density at radius 3 is 2.29 bits per heavy atom. The zero-order valence-electron chi connectivity index (χ0n) is 10.6. The maximum Gasteiger partial charge on any atom is 0.146 e. The van der Waals surface area contributed by atoms with Crippen LogP contribution in [0.15, 0.2) is 24.3 Å². The van der Waals surface area contributed by atoms with Crippen LogP contribution in [0.3, 0.4) is 0 Å². The number of hydrogen-bond acceptors (Lipinski definition) is 2. The van der Waals surface area contributed by atoms with E-state index in [0.717, 1.165) is 31.6 Å². The van der Waals surface area contributed by atoms with Gasteiger partial charge < -0.3 is 10.2 Å². The van der Waals surface area contributed by atoms with Crippen molar-refractivity contribution < 1.29 is 4.39 Å². The van der Waals surface area contributed by atoms with Crippen LogP contribution in [0.25, 0.3) is 0 Å². The summed E-state index contributed by atoms with van der Waals surface area (Å²) in [7, 11) is 0. The number of nitrogens with one attached hydrogen (secondary N) is 1.